The van der Waals surface area contributed by atoms with Gasteiger partial charge in [0.1, 0.15) is 18.0 Å². The van der Waals surface area contributed by atoms with Crippen molar-refractivity contribution in [3.05, 3.63) is 60.2 Å². The third-order valence-corrected chi connectivity index (χ3v) is 4.56. The van der Waals surface area contributed by atoms with Gasteiger partial charge in [-0.3, -0.25) is 4.79 Å². The number of anilines is 1. The van der Waals surface area contributed by atoms with E-state index in [0.717, 1.165) is 42.7 Å². The number of ether oxygens (including phenoxy) is 2. The molecule has 2 aromatic rings. The number of carbonyl (C=O) groups is 1. The van der Waals surface area contributed by atoms with Gasteiger partial charge in [-0.25, -0.2) is 0 Å². The van der Waals surface area contributed by atoms with Crippen LogP contribution in [0.5, 0.6) is 5.75 Å². The molecule has 1 amide bonds. The Morgan fingerprint density at radius 3 is 2.33 bits per heavy atom. The van der Waals surface area contributed by atoms with Crippen molar-refractivity contribution in [2.75, 3.05) is 11.9 Å². The highest BCUT2D eigenvalue weighted by atomic mass is 16.5. The highest BCUT2D eigenvalue weighted by molar-refractivity contribution is 5.97. The Morgan fingerprint density at radius 1 is 1.00 bits per heavy atom. The van der Waals surface area contributed by atoms with Crippen LogP contribution in [0.1, 0.15) is 52.0 Å². The fourth-order valence-corrected chi connectivity index (χ4v) is 2.92. The van der Waals surface area contributed by atoms with Gasteiger partial charge in [0.25, 0.3) is 5.91 Å². The Morgan fingerprint density at radius 2 is 1.70 bits per heavy atom. The molecule has 0 saturated carbocycles. The molecule has 1 unspecified atom stereocenters. The van der Waals surface area contributed by atoms with E-state index in [1.807, 2.05) is 68.4 Å². The number of carbonyl (C=O) groups excluding carboxylic acids is 1. The van der Waals surface area contributed by atoms with Gasteiger partial charge in [0.2, 0.25) is 0 Å². The molecular formula is C23H31NO3. The topological polar surface area (TPSA) is 47.6 Å². The molecule has 0 bridgehead atoms. The lowest BCUT2D eigenvalue weighted by molar-refractivity contribution is -0.139. The summed E-state index contributed by atoms with van der Waals surface area (Å²) in [6.45, 7) is 6.98. The van der Waals surface area contributed by atoms with E-state index in [4.69, 9.17) is 9.47 Å². The zero-order valence-electron chi connectivity index (χ0n) is 16.7. The summed E-state index contributed by atoms with van der Waals surface area (Å²) in [5.74, 6) is 0.672. The molecule has 0 aliphatic carbocycles. The number of benzene rings is 2. The van der Waals surface area contributed by atoms with E-state index >= 15 is 0 Å². The first kappa shape index (κ1) is 21.0. The van der Waals surface area contributed by atoms with Crippen LogP contribution in [-0.4, -0.2) is 18.1 Å². The highest BCUT2D eigenvalue weighted by Crippen LogP contribution is 2.23. The fraction of sp³-hybridized carbons (Fsp3) is 0.435. The predicted octanol–water partition coefficient (Wildman–Crippen LogP) is 5.58. The Balaban J connectivity index is 1.92. The fourth-order valence-electron chi connectivity index (χ4n) is 2.92. The van der Waals surface area contributed by atoms with Crippen molar-refractivity contribution in [3.8, 4) is 5.75 Å². The summed E-state index contributed by atoms with van der Waals surface area (Å²) in [6.07, 6.45) is 3.92. The predicted molar refractivity (Wildman–Crippen MR) is 110 cm³/mol. The normalized spacial score (nSPS) is 13.0. The second kappa shape index (κ2) is 10.7. The van der Waals surface area contributed by atoms with Crippen molar-refractivity contribution in [2.24, 2.45) is 0 Å². The van der Waals surface area contributed by atoms with Gasteiger partial charge in [0.05, 0.1) is 0 Å². The summed E-state index contributed by atoms with van der Waals surface area (Å²) in [7, 11) is 0. The lowest BCUT2D eigenvalue weighted by atomic mass is 9.96. The number of hydrogen-bond acceptors (Lipinski definition) is 3. The summed E-state index contributed by atoms with van der Waals surface area (Å²) in [4.78, 5) is 12.7. The van der Waals surface area contributed by atoms with Crippen LogP contribution in [0, 0.1) is 0 Å². The van der Waals surface area contributed by atoms with Gasteiger partial charge >= 0.3 is 0 Å². The van der Waals surface area contributed by atoms with E-state index in [9.17, 15) is 4.79 Å². The van der Waals surface area contributed by atoms with E-state index < -0.39 is 5.60 Å². The van der Waals surface area contributed by atoms with Gasteiger partial charge in [0, 0.05) is 12.3 Å². The average molecular weight is 370 g/mol. The molecule has 2 aromatic carbocycles. The van der Waals surface area contributed by atoms with Gasteiger partial charge in [-0.2, -0.15) is 0 Å². The van der Waals surface area contributed by atoms with Crippen LogP contribution in [0.4, 0.5) is 5.69 Å². The van der Waals surface area contributed by atoms with Crippen LogP contribution in [0.25, 0.3) is 0 Å². The third-order valence-electron chi connectivity index (χ3n) is 4.56. The second-order valence-corrected chi connectivity index (χ2v) is 6.87. The number of amides is 1. The summed E-state index contributed by atoms with van der Waals surface area (Å²) in [6, 6.07) is 17.5. The van der Waals surface area contributed by atoms with E-state index in [1.54, 1.807) is 0 Å². The maximum absolute atomic E-state index is 12.7. The molecule has 0 radical (unpaired) electrons. The largest absolute Gasteiger partial charge is 0.489 e. The van der Waals surface area contributed by atoms with E-state index in [2.05, 4.69) is 12.2 Å². The highest BCUT2D eigenvalue weighted by Gasteiger charge is 2.33. The van der Waals surface area contributed by atoms with Crippen LogP contribution in [-0.2, 0) is 16.1 Å². The Kier molecular flexibility index (Phi) is 8.34. The van der Waals surface area contributed by atoms with Gasteiger partial charge < -0.3 is 14.8 Å². The van der Waals surface area contributed by atoms with Crippen LogP contribution < -0.4 is 10.1 Å². The molecule has 0 spiro atoms. The minimum Gasteiger partial charge on any atom is -0.489 e. The molecule has 0 aromatic heterocycles. The van der Waals surface area contributed by atoms with Crippen molar-refractivity contribution >= 4 is 11.6 Å². The lowest BCUT2D eigenvalue weighted by Gasteiger charge is -2.28. The molecule has 4 heteroatoms. The minimum atomic E-state index is -0.799. The van der Waals surface area contributed by atoms with E-state index in [0.29, 0.717) is 13.2 Å². The number of nitrogens with one attached hydrogen (secondary N) is 1. The molecular weight excluding hydrogens is 338 g/mol. The molecule has 1 N–H and O–H groups in total. The standard InChI is InChI=1S/C23H31NO3/c1-4-6-10-17-23(3,27-5-2)22(25)24-20-13-15-21(16-14-20)26-18-19-11-8-7-9-12-19/h7-9,11-16H,4-6,10,17-18H2,1-3H3,(H,24,25). The first-order valence-electron chi connectivity index (χ1n) is 9.79. The maximum atomic E-state index is 12.7. The molecule has 146 valence electrons. The van der Waals surface area contributed by atoms with Crippen LogP contribution in [0.3, 0.4) is 0 Å². The molecule has 0 heterocycles. The Bertz CT molecular complexity index is 685. The second-order valence-electron chi connectivity index (χ2n) is 6.87. The summed E-state index contributed by atoms with van der Waals surface area (Å²) < 4.78 is 11.6. The molecule has 2 rings (SSSR count). The average Bonchev–Trinajstić information content (AvgIpc) is 2.68. The van der Waals surface area contributed by atoms with E-state index in [-0.39, 0.29) is 5.91 Å². The minimum absolute atomic E-state index is 0.0987. The zero-order chi connectivity index (χ0) is 19.5. The van der Waals surface area contributed by atoms with Crippen molar-refractivity contribution in [1.29, 1.82) is 0 Å². The zero-order valence-corrected chi connectivity index (χ0v) is 16.7. The van der Waals surface area contributed by atoms with Crippen molar-refractivity contribution in [1.82, 2.24) is 0 Å². The van der Waals surface area contributed by atoms with Gasteiger partial charge in [-0.1, -0.05) is 56.5 Å². The molecule has 1 atom stereocenters. The molecule has 4 nitrogen and oxygen atoms in total. The molecule has 0 fully saturated rings. The van der Waals surface area contributed by atoms with Crippen LogP contribution >= 0.6 is 0 Å². The number of unbranched alkanes of at least 4 members (excludes halogenated alkanes) is 2. The van der Waals surface area contributed by atoms with Gasteiger partial charge in [-0.15, -0.1) is 0 Å². The van der Waals surface area contributed by atoms with Gasteiger partial charge in [-0.05, 0) is 50.1 Å². The van der Waals surface area contributed by atoms with E-state index in [1.165, 1.54) is 0 Å². The van der Waals surface area contributed by atoms with Gasteiger partial charge in [0.15, 0.2) is 0 Å². The van der Waals surface area contributed by atoms with Crippen molar-refractivity contribution < 1.29 is 14.3 Å². The number of hydrogen-bond donors (Lipinski definition) is 1. The van der Waals surface area contributed by atoms with Crippen molar-refractivity contribution in [2.45, 2.75) is 58.7 Å². The Hall–Kier alpha value is -2.33. The Labute approximate surface area is 162 Å². The quantitative estimate of drug-likeness (QED) is 0.526. The first-order chi connectivity index (χ1) is 13.1. The SMILES string of the molecule is CCCCCC(C)(OCC)C(=O)Nc1ccc(OCc2ccccc2)cc1. The molecule has 0 aliphatic heterocycles. The summed E-state index contributed by atoms with van der Waals surface area (Å²) in [5, 5.41) is 2.98. The lowest BCUT2D eigenvalue weighted by Crippen LogP contribution is -2.42. The maximum Gasteiger partial charge on any atom is 0.256 e. The van der Waals surface area contributed by atoms with Crippen LogP contribution in [0.2, 0.25) is 0 Å². The number of rotatable bonds is 11. The smallest absolute Gasteiger partial charge is 0.256 e. The molecule has 0 aliphatic rings. The van der Waals surface area contributed by atoms with Crippen LogP contribution in [0.15, 0.2) is 54.6 Å². The van der Waals surface area contributed by atoms with Crippen molar-refractivity contribution in [3.63, 3.8) is 0 Å². The summed E-state index contributed by atoms with van der Waals surface area (Å²) >= 11 is 0. The monoisotopic (exact) mass is 369 g/mol. The summed E-state index contributed by atoms with van der Waals surface area (Å²) in [5.41, 5.74) is 1.06. The third kappa shape index (κ3) is 6.72. The molecule has 0 saturated heterocycles. The first-order valence-corrected chi connectivity index (χ1v) is 9.79. The molecule has 27 heavy (non-hydrogen) atoms.